The smallest absolute Gasteiger partial charge is 0.0949 e. The summed E-state index contributed by atoms with van der Waals surface area (Å²) in [6, 6.07) is 6.37. The van der Waals surface area contributed by atoms with Crippen LogP contribution in [0, 0.1) is 27.7 Å². The van der Waals surface area contributed by atoms with E-state index >= 15 is 0 Å². The van der Waals surface area contributed by atoms with Gasteiger partial charge in [0.05, 0.1) is 10.7 Å². The molecule has 2 N–H and O–H groups in total. The molecule has 0 aliphatic carbocycles. The van der Waals surface area contributed by atoms with Gasteiger partial charge in [-0.2, -0.15) is 0 Å². The Labute approximate surface area is 113 Å². The highest BCUT2D eigenvalue weighted by Gasteiger charge is 2.13. The predicted octanol–water partition coefficient (Wildman–Crippen LogP) is 3.62. The fourth-order valence-corrected chi connectivity index (χ4v) is 3.09. The van der Waals surface area contributed by atoms with Gasteiger partial charge < -0.3 is 5.73 Å². The monoisotopic (exact) mass is 260 g/mol. The van der Waals surface area contributed by atoms with E-state index in [1.165, 1.54) is 21.6 Å². The fraction of sp³-hybridized carbons (Fsp3) is 0.400. The van der Waals surface area contributed by atoms with Crippen LogP contribution in [0.5, 0.6) is 0 Å². The molecule has 0 radical (unpaired) electrons. The van der Waals surface area contributed by atoms with Gasteiger partial charge in [-0.1, -0.05) is 18.2 Å². The Bertz CT molecular complexity index is 538. The molecule has 18 heavy (non-hydrogen) atoms. The lowest BCUT2D eigenvalue weighted by Gasteiger charge is -2.15. The van der Waals surface area contributed by atoms with E-state index in [4.69, 9.17) is 5.73 Å². The molecular formula is C15H20N2S. The Kier molecular flexibility index (Phi) is 3.83. The van der Waals surface area contributed by atoms with E-state index in [1.54, 1.807) is 11.3 Å². The Morgan fingerprint density at radius 3 is 2.56 bits per heavy atom. The zero-order chi connectivity index (χ0) is 13.3. The number of aryl methyl sites for hydroxylation is 3. The highest BCUT2D eigenvalue weighted by molar-refractivity contribution is 7.11. The van der Waals surface area contributed by atoms with Crippen molar-refractivity contribution >= 4 is 11.3 Å². The highest BCUT2D eigenvalue weighted by Crippen LogP contribution is 2.25. The number of benzene rings is 1. The zero-order valence-electron chi connectivity index (χ0n) is 11.4. The third-order valence-electron chi connectivity index (χ3n) is 3.51. The summed E-state index contributed by atoms with van der Waals surface area (Å²) in [7, 11) is 0. The van der Waals surface area contributed by atoms with Crippen molar-refractivity contribution in [1.82, 2.24) is 4.98 Å². The molecule has 2 rings (SSSR count). The topological polar surface area (TPSA) is 38.9 Å². The molecule has 2 aromatic rings. The summed E-state index contributed by atoms with van der Waals surface area (Å²) in [5, 5.41) is 1.14. The molecule has 96 valence electrons. The Morgan fingerprint density at radius 1 is 1.22 bits per heavy atom. The summed E-state index contributed by atoms with van der Waals surface area (Å²) in [5.74, 6) is 0. The van der Waals surface area contributed by atoms with Crippen molar-refractivity contribution in [2.75, 3.05) is 0 Å². The minimum atomic E-state index is 0.0369. The molecule has 1 atom stereocenters. The lowest BCUT2D eigenvalue weighted by molar-refractivity contribution is 0.710. The first-order chi connectivity index (χ1) is 8.49. The van der Waals surface area contributed by atoms with Crippen LogP contribution in [0.1, 0.15) is 38.3 Å². The van der Waals surface area contributed by atoms with Gasteiger partial charge in [0.1, 0.15) is 0 Å². The van der Waals surface area contributed by atoms with E-state index in [0.29, 0.717) is 0 Å². The third kappa shape index (κ3) is 2.62. The SMILES string of the molecule is Cc1cccc(C(N)Cc2nc(C)c(C)s2)c1C. The van der Waals surface area contributed by atoms with Crippen LogP contribution in [-0.4, -0.2) is 4.98 Å². The second kappa shape index (κ2) is 5.21. The maximum Gasteiger partial charge on any atom is 0.0949 e. The number of nitrogens with two attached hydrogens (primary N) is 1. The first-order valence-corrected chi connectivity index (χ1v) is 7.05. The van der Waals surface area contributed by atoms with E-state index in [2.05, 4.69) is 50.9 Å². The average molecular weight is 260 g/mol. The van der Waals surface area contributed by atoms with E-state index in [0.717, 1.165) is 17.1 Å². The standard InChI is InChI=1S/C15H20N2S/c1-9-6-5-7-13(10(9)2)14(16)8-15-17-11(3)12(4)18-15/h5-7,14H,8,16H2,1-4H3. The van der Waals surface area contributed by atoms with Crippen LogP contribution in [0.3, 0.4) is 0 Å². The van der Waals surface area contributed by atoms with Crippen molar-refractivity contribution in [3.05, 3.63) is 50.5 Å². The van der Waals surface area contributed by atoms with E-state index in [1.807, 2.05) is 0 Å². The first kappa shape index (κ1) is 13.2. The van der Waals surface area contributed by atoms with E-state index in [-0.39, 0.29) is 6.04 Å². The van der Waals surface area contributed by atoms with Crippen molar-refractivity contribution in [3.63, 3.8) is 0 Å². The predicted molar refractivity (Wildman–Crippen MR) is 78.1 cm³/mol. The van der Waals surface area contributed by atoms with Gasteiger partial charge in [-0.3, -0.25) is 0 Å². The summed E-state index contributed by atoms with van der Waals surface area (Å²) < 4.78 is 0. The molecule has 0 spiro atoms. The lowest BCUT2D eigenvalue weighted by Crippen LogP contribution is -2.15. The Morgan fingerprint density at radius 2 is 1.94 bits per heavy atom. The summed E-state index contributed by atoms with van der Waals surface area (Å²) in [5.41, 5.74) is 11.3. The molecular weight excluding hydrogens is 240 g/mol. The number of hydrogen-bond acceptors (Lipinski definition) is 3. The van der Waals surface area contributed by atoms with Crippen molar-refractivity contribution in [2.45, 2.75) is 40.2 Å². The van der Waals surface area contributed by atoms with Crippen LogP contribution >= 0.6 is 11.3 Å². The summed E-state index contributed by atoms with van der Waals surface area (Å²) in [6.07, 6.45) is 0.823. The molecule has 0 aliphatic rings. The summed E-state index contributed by atoms with van der Waals surface area (Å²) >= 11 is 1.76. The number of rotatable bonds is 3. The first-order valence-electron chi connectivity index (χ1n) is 6.23. The Balaban J connectivity index is 2.21. The van der Waals surface area contributed by atoms with Gasteiger partial charge >= 0.3 is 0 Å². The highest BCUT2D eigenvalue weighted by atomic mass is 32.1. The van der Waals surface area contributed by atoms with Gasteiger partial charge in [-0.25, -0.2) is 4.98 Å². The number of hydrogen-bond donors (Lipinski definition) is 1. The molecule has 3 heteroatoms. The van der Waals surface area contributed by atoms with E-state index in [9.17, 15) is 0 Å². The fourth-order valence-electron chi connectivity index (χ4n) is 2.10. The quantitative estimate of drug-likeness (QED) is 0.915. The molecule has 1 aromatic heterocycles. The van der Waals surface area contributed by atoms with Crippen LogP contribution in [-0.2, 0) is 6.42 Å². The molecule has 1 aromatic carbocycles. The maximum atomic E-state index is 6.32. The zero-order valence-corrected chi connectivity index (χ0v) is 12.3. The van der Waals surface area contributed by atoms with Crippen LogP contribution < -0.4 is 5.73 Å². The molecule has 2 nitrogen and oxygen atoms in total. The third-order valence-corrected chi connectivity index (χ3v) is 4.61. The minimum Gasteiger partial charge on any atom is -0.324 e. The Hall–Kier alpha value is -1.19. The molecule has 0 amide bonds. The molecule has 0 saturated carbocycles. The van der Waals surface area contributed by atoms with Crippen LogP contribution in [0.25, 0.3) is 0 Å². The van der Waals surface area contributed by atoms with Crippen LogP contribution in [0.4, 0.5) is 0 Å². The molecule has 1 heterocycles. The summed E-state index contributed by atoms with van der Waals surface area (Å²) in [4.78, 5) is 5.86. The molecule has 0 aliphatic heterocycles. The molecule has 0 bridgehead atoms. The largest absolute Gasteiger partial charge is 0.324 e. The van der Waals surface area contributed by atoms with Crippen LogP contribution in [0.15, 0.2) is 18.2 Å². The molecule has 1 unspecified atom stereocenters. The number of thiazole rings is 1. The van der Waals surface area contributed by atoms with Crippen LogP contribution in [0.2, 0.25) is 0 Å². The number of aromatic nitrogens is 1. The van der Waals surface area contributed by atoms with Gasteiger partial charge in [-0.15, -0.1) is 11.3 Å². The van der Waals surface area contributed by atoms with Crippen molar-refractivity contribution in [3.8, 4) is 0 Å². The van der Waals surface area contributed by atoms with Crippen molar-refractivity contribution in [2.24, 2.45) is 5.73 Å². The molecule has 0 fully saturated rings. The number of nitrogens with zero attached hydrogens (tertiary/aromatic N) is 1. The second-order valence-corrected chi connectivity index (χ2v) is 6.14. The summed E-state index contributed by atoms with van der Waals surface area (Å²) in [6.45, 7) is 8.44. The average Bonchev–Trinajstić information content (AvgIpc) is 2.61. The second-order valence-electron chi connectivity index (χ2n) is 4.85. The minimum absolute atomic E-state index is 0.0369. The molecule has 0 saturated heterocycles. The van der Waals surface area contributed by atoms with Gasteiger partial charge in [-0.05, 0) is 44.4 Å². The maximum absolute atomic E-state index is 6.32. The lowest BCUT2D eigenvalue weighted by atomic mass is 9.96. The van der Waals surface area contributed by atoms with Gasteiger partial charge in [0.25, 0.3) is 0 Å². The normalized spacial score (nSPS) is 12.7. The van der Waals surface area contributed by atoms with Crippen molar-refractivity contribution < 1.29 is 0 Å². The van der Waals surface area contributed by atoms with Gasteiger partial charge in [0, 0.05) is 17.3 Å². The van der Waals surface area contributed by atoms with Crippen molar-refractivity contribution in [1.29, 1.82) is 0 Å². The van der Waals surface area contributed by atoms with E-state index < -0.39 is 0 Å². The van der Waals surface area contributed by atoms with Gasteiger partial charge in [0.15, 0.2) is 0 Å². The van der Waals surface area contributed by atoms with Gasteiger partial charge in [0.2, 0.25) is 0 Å².